The molecule has 0 unspecified atom stereocenters. The van der Waals surface area contributed by atoms with Crippen LogP contribution in [0.3, 0.4) is 0 Å². The van der Waals surface area contributed by atoms with Crippen molar-refractivity contribution in [1.29, 1.82) is 0 Å². The molecule has 0 saturated carbocycles. The number of nitrogens with two attached hydrogens (primary N) is 1. The Labute approximate surface area is 99.3 Å². The van der Waals surface area contributed by atoms with Crippen molar-refractivity contribution in [1.82, 2.24) is 4.98 Å². The fraction of sp³-hybridized carbons (Fsp3) is 0.444. The fourth-order valence-electron chi connectivity index (χ4n) is 1.19. The maximum absolute atomic E-state index is 13.2. The Morgan fingerprint density at radius 3 is 2.33 bits per heavy atom. The monoisotopic (exact) mass is 270 g/mol. The molecule has 1 aromatic rings. The number of anilines is 2. The van der Waals surface area contributed by atoms with Crippen LogP contribution in [0.15, 0.2) is 6.07 Å². The van der Waals surface area contributed by atoms with Gasteiger partial charge in [0.25, 0.3) is 0 Å². The molecular formula is C9H11F5N4. The van der Waals surface area contributed by atoms with Crippen molar-refractivity contribution in [3.63, 3.8) is 0 Å². The van der Waals surface area contributed by atoms with Gasteiger partial charge in [0.1, 0.15) is 0 Å². The van der Waals surface area contributed by atoms with Crippen molar-refractivity contribution in [2.45, 2.75) is 19.0 Å². The van der Waals surface area contributed by atoms with Crippen LogP contribution in [0.5, 0.6) is 0 Å². The average Bonchev–Trinajstić information content (AvgIpc) is 2.25. The van der Waals surface area contributed by atoms with Gasteiger partial charge in [0.15, 0.2) is 23.3 Å². The number of rotatable bonds is 5. The van der Waals surface area contributed by atoms with Crippen molar-refractivity contribution in [2.24, 2.45) is 5.84 Å². The summed E-state index contributed by atoms with van der Waals surface area (Å²) >= 11 is 0. The first-order chi connectivity index (χ1) is 8.33. The second kappa shape index (κ2) is 5.80. The Morgan fingerprint density at radius 2 is 1.78 bits per heavy atom. The van der Waals surface area contributed by atoms with Gasteiger partial charge < -0.3 is 10.7 Å². The first kappa shape index (κ1) is 14.4. The van der Waals surface area contributed by atoms with Crippen molar-refractivity contribution >= 4 is 11.6 Å². The number of nitrogen functional groups attached to an aromatic ring is 1. The summed E-state index contributed by atoms with van der Waals surface area (Å²) < 4.78 is 61.6. The predicted octanol–water partition coefficient (Wildman–Crippen LogP) is 2.40. The van der Waals surface area contributed by atoms with Gasteiger partial charge in [0.2, 0.25) is 0 Å². The molecule has 4 N–H and O–H groups in total. The molecule has 4 nitrogen and oxygen atoms in total. The molecule has 0 aliphatic heterocycles. The van der Waals surface area contributed by atoms with E-state index in [2.05, 4.69) is 10.3 Å². The van der Waals surface area contributed by atoms with E-state index in [1.54, 1.807) is 0 Å². The molecule has 0 fully saturated rings. The summed E-state index contributed by atoms with van der Waals surface area (Å²) in [5.41, 5.74) is 1.90. The number of pyridine rings is 1. The van der Waals surface area contributed by atoms with Gasteiger partial charge >= 0.3 is 6.18 Å². The highest BCUT2D eigenvalue weighted by Gasteiger charge is 2.25. The number of alkyl halides is 3. The minimum atomic E-state index is -4.26. The molecule has 0 atom stereocenters. The van der Waals surface area contributed by atoms with E-state index >= 15 is 0 Å². The van der Waals surface area contributed by atoms with Crippen molar-refractivity contribution in [3.8, 4) is 0 Å². The summed E-state index contributed by atoms with van der Waals surface area (Å²) in [5.74, 6) is 2.19. The zero-order valence-corrected chi connectivity index (χ0v) is 9.11. The first-order valence-electron chi connectivity index (χ1n) is 4.97. The minimum absolute atomic E-state index is 0.140. The lowest BCUT2D eigenvalue weighted by atomic mass is 10.3. The molecule has 0 aromatic carbocycles. The second-order valence-corrected chi connectivity index (χ2v) is 3.44. The van der Waals surface area contributed by atoms with Gasteiger partial charge in [-0.1, -0.05) is 0 Å². The van der Waals surface area contributed by atoms with Crippen LogP contribution in [0.2, 0.25) is 0 Å². The number of hydrogen-bond donors (Lipinski definition) is 3. The zero-order chi connectivity index (χ0) is 13.8. The van der Waals surface area contributed by atoms with E-state index in [-0.39, 0.29) is 18.8 Å². The molecular weight excluding hydrogens is 259 g/mol. The Hall–Kier alpha value is -1.64. The van der Waals surface area contributed by atoms with Crippen molar-refractivity contribution in [2.75, 3.05) is 17.3 Å². The molecule has 0 spiro atoms. The molecule has 102 valence electrons. The largest absolute Gasteiger partial charge is 0.389 e. The topological polar surface area (TPSA) is 63.0 Å². The summed E-state index contributed by atoms with van der Waals surface area (Å²) in [6.45, 7) is -0.140. The van der Waals surface area contributed by atoms with Gasteiger partial charge in [0.05, 0.1) is 0 Å². The lowest BCUT2D eigenvalue weighted by Crippen LogP contribution is -2.15. The number of nitrogens with zero attached hydrogens (tertiary/aromatic N) is 1. The summed E-state index contributed by atoms with van der Waals surface area (Å²) in [6.07, 6.45) is -5.50. The highest BCUT2D eigenvalue weighted by atomic mass is 19.4. The van der Waals surface area contributed by atoms with Crippen molar-refractivity contribution in [3.05, 3.63) is 17.7 Å². The number of nitrogens with one attached hydrogen (secondary N) is 2. The Morgan fingerprint density at radius 1 is 1.17 bits per heavy atom. The van der Waals surface area contributed by atoms with Gasteiger partial charge in [-0.05, 0) is 6.42 Å². The Balaban J connectivity index is 2.57. The van der Waals surface area contributed by atoms with Crippen LogP contribution in [-0.2, 0) is 0 Å². The normalized spacial score (nSPS) is 11.4. The van der Waals surface area contributed by atoms with E-state index in [1.807, 2.05) is 5.43 Å². The van der Waals surface area contributed by atoms with E-state index < -0.39 is 30.0 Å². The maximum atomic E-state index is 13.2. The molecule has 0 bridgehead atoms. The van der Waals surface area contributed by atoms with E-state index in [9.17, 15) is 22.0 Å². The van der Waals surface area contributed by atoms with E-state index in [4.69, 9.17) is 5.84 Å². The highest BCUT2D eigenvalue weighted by molar-refractivity contribution is 5.46. The van der Waals surface area contributed by atoms with Crippen LogP contribution in [-0.4, -0.2) is 17.7 Å². The molecule has 1 heterocycles. The molecule has 0 aliphatic rings. The zero-order valence-electron chi connectivity index (χ0n) is 9.11. The van der Waals surface area contributed by atoms with Gasteiger partial charge in [0, 0.05) is 19.0 Å². The second-order valence-electron chi connectivity index (χ2n) is 3.44. The van der Waals surface area contributed by atoms with Crippen LogP contribution in [0.4, 0.5) is 33.6 Å². The minimum Gasteiger partial charge on any atom is -0.368 e. The molecule has 0 aliphatic carbocycles. The van der Waals surface area contributed by atoms with Crippen LogP contribution in [0.25, 0.3) is 0 Å². The lowest BCUT2D eigenvalue weighted by Gasteiger charge is -2.10. The lowest BCUT2D eigenvalue weighted by molar-refractivity contribution is -0.134. The number of hydrazine groups is 1. The van der Waals surface area contributed by atoms with Crippen LogP contribution in [0.1, 0.15) is 12.8 Å². The molecule has 1 rings (SSSR count). The average molecular weight is 270 g/mol. The molecule has 18 heavy (non-hydrogen) atoms. The summed E-state index contributed by atoms with van der Waals surface area (Å²) in [4.78, 5) is 3.45. The number of aromatic nitrogens is 1. The summed E-state index contributed by atoms with van der Waals surface area (Å²) in [7, 11) is 0. The molecule has 0 amide bonds. The SMILES string of the molecule is NNc1nc(NCCCC(F)(F)F)c(F)cc1F. The Bertz CT molecular complexity index is 407. The van der Waals surface area contributed by atoms with Gasteiger partial charge in [-0.3, -0.25) is 0 Å². The van der Waals surface area contributed by atoms with Gasteiger partial charge in [-0.25, -0.2) is 19.6 Å². The summed E-state index contributed by atoms with van der Waals surface area (Å²) in [6, 6.07) is 0.536. The number of halogens is 5. The van der Waals surface area contributed by atoms with Gasteiger partial charge in [-0.15, -0.1) is 0 Å². The van der Waals surface area contributed by atoms with Crippen LogP contribution < -0.4 is 16.6 Å². The fourth-order valence-corrected chi connectivity index (χ4v) is 1.19. The molecule has 0 saturated heterocycles. The molecule has 0 radical (unpaired) electrons. The van der Waals surface area contributed by atoms with Gasteiger partial charge in [-0.2, -0.15) is 13.2 Å². The number of hydrogen-bond acceptors (Lipinski definition) is 4. The Kier molecular flexibility index (Phi) is 4.65. The third kappa shape index (κ3) is 4.32. The highest BCUT2D eigenvalue weighted by Crippen LogP contribution is 2.22. The van der Waals surface area contributed by atoms with Crippen molar-refractivity contribution < 1.29 is 22.0 Å². The van der Waals surface area contributed by atoms with Crippen LogP contribution in [0, 0.1) is 11.6 Å². The first-order valence-corrected chi connectivity index (χ1v) is 4.97. The molecule has 9 heteroatoms. The predicted molar refractivity (Wildman–Crippen MR) is 55.7 cm³/mol. The quantitative estimate of drug-likeness (QED) is 0.333. The van der Waals surface area contributed by atoms with Crippen LogP contribution >= 0.6 is 0 Å². The maximum Gasteiger partial charge on any atom is 0.389 e. The summed E-state index contributed by atoms with van der Waals surface area (Å²) in [5, 5.41) is 2.34. The molecule has 1 aromatic heterocycles. The standard InChI is InChI=1S/C9H11F5N4/c10-5-4-6(11)8(18-15)17-7(5)16-3-1-2-9(12,13)14/h4H,1-3,15H2,(H2,16,17,18). The third-order valence-electron chi connectivity index (χ3n) is 2.00. The van der Waals surface area contributed by atoms with E-state index in [1.165, 1.54) is 0 Å². The van der Waals surface area contributed by atoms with E-state index in [0.29, 0.717) is 6.07 Å². The van der Waals surface area contributed by atoms with E-state index in [0.717, 1.165) is 0 Å². The smallest absolute Gasteiger partial charge is 0.368 e. The third-order valence-corrected chi connectivity index (χ3v) is 2.00.